The molecule has 1 aliphatic rings. The van der Waals surface area contributed by atoms with Gasteiger partial charge in [-0.05, 0) is 32.8 Å². The molecule has 8 heteroatoms. The number of halogens is 1. The number of nitrogens with zero attached hydrogens (tertiary/aromatic N) is 4. The zero-order valence-corrected chi connectivity index (χ0v) is 15.3. The Balaban J connectivity index is 1.57. The van der Waals surface area contributed by atoms with Gasteiger partial charge in [0.15, 0.2) is 5.13 Å². The van der Waals surface area contributed by atoms with Crippen molar-refractivity contribution in [3.8, 4) is 0 Å². The topological polar surface area (TPSA) is 71.0 Å². The van der Waals surface area contributed by atoms with Crippen molar-refractivity contribution in [2.45, 2.75) is 32.6 Å². The first-order chi connectivity index (χ1) is 11.5. The number of rotatable bonds is 4. The number of nitrogens with one attached hydrogen (secondary N) is 1. The normalized spacial score (nSPS) is 15.5. The van der Waals surface area contributed by atoms with Crippen LogP contribution in [0.25, 0.3) is 0 Å². The van der Waals surface area contributed by atoms with E-state index < -0.39 is 0 Å². The molecule has 0 bridgehead atoms. The average Bonchev–Trinajstić information content (AvgIpc) is 3.01. The SMILES string of the molecule is Cc1cc(C)nc(N2CCC(C(=O)Nc3nc(CCl)cs3)CC2)n1. The van der Waals surface area contributed by atoms with Gasteiger partial charge in [0.1, 0.15) is 0 Å². The first-order valence-corrected chi connectivity index (χ1v) is 9.35. The van der Waals surface area contributed by atoms with E-state index in [1.807, 2.05) is 25.3 Å². The number of carbonyl (C=O) groups excluding carboxylic acids is 1. The monoisotopic (exact) mass is 365 g/mol. The Kier molecular flexibility index (Phi) is 5.30. The second-order valence-corrected chi connectivity index (χ2v) is 7.10. The fourth-order valence-corrected chi connectivity index (χ4v) is 3.77. The summed E-state index contributed by atoms with van der Waals surface area (Å²) >= 11 is 7.15. The molecule has 1 saturated heterocycles. The summed E-state index contributed by atoms with van der Waals surface area (Å²) in [5, 5.41) is 5.38. The highest BCUT2D eigenvalue weighted by Gasteiger charge is 2.26. The van der Waals surface area contributed by atoms with E-state index >= 15 is 0 Å². The van der Waals surface area contributed by atoms with Crippen molar-refractivity contribution in [3.63, 3.8) is 0 Å². The van der Waals surface area contributed by atoms with E-state index in [1.165, 1.54) is 11.3 Å². The molecule has 0 unspecified atom stereocenters. The number of alkyl halides is 1. The summed E-state index contributed by atoms with van der Waals surface area (Å²) in [6, 6.07) is 1.97. The molecule has 6 nitrogen and oxygen atoms in total. The predicted molar refractivity (Wildman–Crippen MR) is 96.7 cm³/mol. The molecule has 3 heterocycles. The third-order valence-electron chi connectivity index (χ3n) is 4.04. The molecule has 0 atom stereocenters. The van der Waals surface area contributed by atoms with Gasteiger partial charge in [0.05, 0.1) is 11.6 Å². The van der Waals surface area contributed by atoms with Gasteiger partial charge < -0.3 is 10.2 Å². The Morgan fingerprint density at radius 2 is 1.96 bits per heavy atom. The molecule has 2 aromatic heterocycles. The first-order valence-electron chi connectivity index (χ1n) is 7.93. The Bertz CT molecular complexity index is 707. The molecule has 1 N–H and O–H groups in total. The summed E-state index contributed by atoms with van der Waals surface area (Å²) in [6.07, 6.45) is 1.58. The van der Waals surface area contributed by atoms with Crippen molar-refractivity contribution in [1.29, 1.82) is 0 Å². The number of aromatic nitrogens is 3. The molecular weight excluding hydrogens is 346 g/mol. The lowest BCUT2D eigenvalue weighted by molar-refractivity contribution is -0.120. The Morgan fingerprint density at radius 3 is 2.54 bits per heavy atom. The lowest BCUT2D eigenvalue weighted by atomic mass is 9.96. The molecule has 0 saturated carbocycles. The highest BCUT2D eigenvalue weighted by atomic mass is 35.5. The number of hydrogen-bond acceptors (Lipinski definition) is 6. The zero-order chi connectivity index (χ0) is 17.1. The van der Waals surface area contributed by atoms with Crippen LogP contribution in [-0.4, -0.2) is 33.9 Å². The molecule has 1 amide bonds. The molecule has 3 rings (SSSR count). The van der Waals surface area contributed by atoms with Crippen LogP contribution in [0.2, 0.25) is 0 Å². The largest absolute Gasteiger partial charge is 0.341 e. The molecule has 0 spiro atoms. The van der Waals surface area contributed by atoms with Crippen molar-refractivity contribution < 1.29 is 4.79 Å². The van der Waals surface area contributed by atoms with Gasteiger partial charge in [0, 0.05) is 35.8 Å². The quantitative estimate of drug-likeness (QED) is 0.843. The lowest BCUT2D eigenvalue weighted by Gasteiger charge is -2.31. The van der Waals surface area contributed by atoms with E-state index in [9.17, 15) is 4.79 Å². The highest BCUT2D eigenvalue weighted by Crippen LogP contribution is 2.24. The minimum Gasteiger partial charge on any atom is -0.341 e. The average molecular weight is 366 g/mol. The number of thiazole rings is 1. The van der Waals surface area contributed by atoms with E-state index in [2.05, 4.69) is 25.2 Å². The number of hydrogen-bond donors (Lipinski definition) is 1. The van der Waals surface area contributed by atoms with Crippen LogP contribution in [-0.2, 0) is 10.7 Å². The molecule has 1 fully saturated rings. The fraction of sp³-hybridized carbons (Fsp3) is 0.500. The standard InChI is InChI=1S/C16H20ClN5OS/c1-10-7-11(2)19-15(18-10)22-5-3-12(4-6-22)14(23)21-16-20-13(8-17)9-24-16/h7,9,12H,3-6,8H2,1-2H3,(H,20,21,23). The van der Waals surface area contributed by atoms with Gasteiger partial charge >= 0.3 is 0 Å². The van der Waals surface area contributed by atoms with Gasteiger partial charge in [-0.2, -0.15) is 0 Å². The molecule has 1 aliphatic heterocycles. The minimum atomic E-state index is -0.00416. The highest BCUT2D eigenvalue weighted by molar-refractivity contribution is 7.13. The number of amides is 1. The predicted octanol–water partition coefficient (Wildman–Crippen LogP) is 3.14. The van der Waals surface area contributed by atoms with Crippen molar-refractivity contribution in [1.82, 2.24) is 15.0 Å². The summed E-state index contributed by atoms with van der Waals surface area (Å²) in [7, 11) is 0. The molecular formula is C16H20ClN5OS. The zero-order valence-electron chi connectivity index (χ0n) is 13.8. The maximum Gasteiger partial charge on any atom is 0.229 e. The maximum atomic E-state index is 12.4. The number of carbonyl (C=O) groups is 1. The van der Waals surface area contributed by atoms with Gasteiger partial charge in [0.25, 0.3) is 0 Å². The summed E-state index contributed by atoms with van der Waals surface area (Å²) in [6.45, 7) is 5.51. The van der Waals surface area contributed by atoms with Crippen LogP contribution in [0, 0.1) is 19.8 Å². The summed E-state index contributed by atoms with van der Waals surface area (Å²) < 4.78 is 0. The van der Waals surface area contributed by atoms with E-state index in [0.29, 0.717) is 11.0 Å². The fourth-order valence-electron chi connectivity index (χ4n) is 2.82. The van der Waals surface area contributed by atoms with Crippen molar-refractivity contribution >= 4 is 39.9 Å². The summed E-state index contributed by atoms with van der Waals surface area (Å²) in [5.74, 6) is 1.15. The molecule has 2 aromatic rings. The number of piperidine rings is 1. The van der Waals surface area contributed by atoms with Crippen LogP contribution >= 0.6 is 22.9 Å². The van der Waals surface area contributed by atoms with E-state index in [1.54, 1.807) is 0 Å². The molecule has 0 aliphatic carbocycles. The van der Waals surface area contributed by atoms with E-state index in [0.717, 1.165) is 49.0 Å². The van der Waals surface area contributed by atoms with Gasteiger partial charge in [-0.15, -0.1) is 22.9 Å². The first kappa shape index (κ1) is 17.1. The Labute approximate surface area is 150 Å². The molecule has 0 aromatic carbocycles. The third-order valence-corrected chi connectivity index (χ3v) is 5.12. The number of aryl methyl sites for hydroxylation is 2. The van der Waals surface area contributed by atoms with Gasteiger partial charge in [0.2, 0.25) is 11.9 Å². The van der Waals surface area contributed by atoms with E-state index in [-0.39, 0.29) is 11.8 Å². The van der Waals surface area contributed by atoms with Crippen molar-refractivity contribution in [2.75, 3.05) is 23.3 Å². The maximum absolute atomic E-state index is 12.4. The summed E-state index contributed by atoms with van der Waals surface area (Å²) in [5.41, 5.74) is 2.73. The van der Waals surface area contributed by atoms with Crippen molar-refractivity contribution in [2.24, 2.45) is 5.92 Å². The van der Waals surface area contributed by atoms with Gasteiger partial charge in [-0.1, -0.05) is 0 Å². The molecule has 0 radical (unpaired) electrons. The van der Waals surface area contributed by atoms with Gasteiger partial charge in [-0.25, -0.2) is 15.0 Å². The minimum absolute atomic E-state index is 0.00416. The van der Waals surface area contributed by atoms with Crippen LogP contribution in [0.15, 0.2) is 11.4 Å². The summed E-state index contributed by atoms with van der Waals surface area (Å²) in [4.78, 5) is 27.8. The number of anilines is 2. The molecule has 128 valence electrons. The van der Waals surface area contributed by atoms with Crippen LogP contribution in [0.3, 0.4) is 0 Å². The van der Waals surface area contributed by atoms with Crippen LogP contribution < -0.4 is 10.2 Å². The second kappa shape index (κ2) is 7.44. The Hall–Kier alpha value is -1.73. The van der Waals surface area contributed by atoms with E-state index in [4.69, 9.17) is 11.6 Å². The molecule has 24 heavy (non-hydrogen) atoms. The lowest BCUT2D eigenvalue weighted by Crippen LogP contribution is -2.39. The van der Waals surface area contributed by atoms with Crippen LogP contribution in [0.1, 0.15) is 29.9 Å². The second-order valence-electron chi connectivity index (χ2n) is 5.98. The Morgan fingerprint density at radius 1 is 1.29 bits per heavy atom. The smallest absolute Gasteiger partial charge is 0.229 e. The van der Waals surface area contributed by atoms with Crippen LogP contribution in [0.5, 0.6) is 0 Å². The van der Waals surface area contributed by atoms with Gasteiger partial charge in [-0.3, -0.25) is 4.79 Å². The third kappa shape index (κ3) is 4.02. The van der Waals surface area contributed by atoms with Crippen LogP contribution in [0.4, 0.5) is 11.1 Å². The van der Waals surface area contributed by atoms with Crippen molar-refractivity contribution in [3.05, 3.63) is 28.5 Å².